The Kier molecular flexibility index (Phi) is 2.80. The van der Waals surface area contributed by atoms with Crippen molar-refractivity contribution < 1.29 is 9.59 Å². The van der Waals surface area contributed by atoms with Crippen LogP contribution < -0.4 is 5.32 Å². The summed E-state index contributed by atoms with van der Waals surface area (Å²) >= 11 is 1.53. The van der Waals surface area contributed by atoms with Crippen LogP contribution in [-0.2, 0) is 22.6 Å². The molecule has 1 aliphatic heterocycles. The van der Waals surface area contributed by atoms with Crippen molar-refractivity contribution in [3.63, 3.8) is 0 Å². The fourth-order valence-electron chi connectivity index (χ4n) is 2.58. The third-order valence-electron chi connectivity index (χ3n) is 4.15. The van der Waals surface area contributed by atoms with Gasteiger partial charge in [-0.2, -0.15) is 0 Å². The van der Waals surface area contributed by atoms with Crippen molar-refractivity contribution in [1.82, 2.24) is 9.88 Å². The molecule has 6 heteroatoms. The minimum atomic E-state index is 0.0991. The smallest absolute Gasteiger partial charge is 0.229 e. The van der Waals surface area contributed by atoms with Crippen LogP contribution in [-0.4, -0.2) is 28.2 Å². The molecule has 0 aromatic carbocycles. The predicted octanol–water partition coefficient (Wildman–Crippen LogP) is 1.79. The van der Waals surface area contributed by atoms with Crippen LogP contribution in [0.15, 0.2) is 0 Å². The molecule has 106 valence electrons. The summed E-state index contributed by atoms with van der Waals surface area (Å²) in [6.45, 7) is 1.43. The van der Waals surface area contributed by atoms with Crippen LogP contribution in [0.3, 0.4) is 0 Å². The Hall–Kier alpha value is -1.43. The molecule has 2 aliphatic carbocycles. The standard InChI is InChI=1S/C14H17N3O2S/c18-12(8-1-2-8)16-14-15-10-5-6-17(7-11(10)20-14)13(19)9-3-4-9/h8-9H,1-7H2,(H,15,16,18). The van der Waals surface area contributed by atoms with Crippen LogP contribution in [0.5, 0.6) is 0 Å². The Morgan fingerprint density at radius 2 is 1.95 bits per heavy atom. The summed E-state index contributed by atoms with van der Waals surface area (Å²) in [5, 5.41) is 3.61. The van der Waals surface area contributed by atoms with Gasteiger partial charge >= 0.3 is 0 Å². The molecule has 0 saturated heterocycles. The number of aromatic nitrogens is 1. The lowest BCUT2D eigenvalue weighted by Gasteiger charge is -2.26. The van der Waals surface area contributed by atoms with E-state index in [2.05, 4.69) is 10.3 Å². The second kappa shape index (κ2) is 4.55. The van der Waals surface area contributed by atoms with Crippen molar-refractivity contribution in [3.05, 3.63) is 10.6 Å². The molecule has 0 bridgehead atoms. The first-order chi connectivity index (χ1) is 9.70. The van der Waals surface area contributed by atoms with Crippen LogP contribution in [0, 0.1) is 11.8 Å². The van der Waals surface area contributed by atoms with Gasteiger partial charge in [0.15, 0.2) is 5.13 Å². The highest BCUT2D eigenvalue weighted by atomic mass is 32.1. The van der Waals surface area contributed by atoms with Gasteiger partial charge in [-0.15, -0.1) is 0 Å². The molecule has 2 saturated carbocycles. The van der Waals surface area contributed by atoms with E-state index in [9.17, 15) is 9.59 Å². The van der Waals surface area contributed by atoms with Gasteiger partial charge in [0.2, 0.25) is 11.8 Å². The van der Waals surface area contributed by atoms with Crippen LogP contribution in [0.4, 0.5) is 5.13 Å². The Bertz CT molecular complexity index is 575. The van der Waals surface area contributed by atoms with E-state index in [4.69, 9.17) is 0 Å². The third-order valence-corrected chi connectivity index (χ3v) is 5.15. The molecule has 0 unspecified atom stereocenters. The monoisotopic (exact) mass is 291 g/mol. The fraction of sp³-hybridized carbons (Fsp3) is 0.643. The average Bonchev–Trinajstić information content (AvgIpc) is 3.32. The Balaban J connectivity index is 1.45. The van der Waals surface area contributed by atoms with Gasteiger partial charge < -0.3 is 10.2 Å². The third kappa shape index (κ3) is 2.32. The first kappa shape index (κ1) is 12.3. The summed E-state index contributed by atoms with van der Waals surface area (Å²) in [4.78, 5) is 31.4. The first-order valence-electron chi connectivity index (χ1n) is 7.29. The molecule has 2 heterocycles. The van der Waals surface area contributed by atoms with E-state index in [0.717, 1.165) is 49.2 Å². The van der Waals surface area contributed by atoms with E-state index in [0.29, 0.717) is 17.6 Å². The minimum Gasteiger partial charge on any atom is -0.337 e. The summed E-state index contributed by atoms with van der Waals surface area (Å²) in [7, 11) is 0. The zero-order valence-electron chi connectivity index (χ0n) is 11.2. The number of hydrogen-bond acceptors (Lipinski definition) is 4. The highest BCUT2D eigenvalue weighted by Crippen LogP contribution is 2.35. The maximum atomic E-state index is 12.1. The lowest BCUT2D eigenvalue weighted by atomic mass is 10.1. The highest BCUT2D eigenvalue weighted by molar-refractivity contribution is 7.15. The summed E-state index contributed by atoms with van der Waals surface area (Å²) in [5.74, 6) is 0.872. The number of nitrogens with one attached hydrogen (secondary N) is 1. The topological polar surface area (TPSA) is 62.3 Å². The molecule has 0 atom stereocenters. The number of hydrogen-bond donors (Lipinski definition) is 1. The zero-order chi connectivity index (χ0) is 13.7. The Labute approximate surface area is 121 Å². The number of thiazole rings is 1. The molecule has 0 radical (unpaired) electrons. The quantitative estimate of drug-likeness (QED) is 0.923. The van der Waals surface area contributed by atoms with Crippen molar-refractivity contribution in [2.24, 2.45) is 11.8 Å². The number of carbonyl (C=O) groups is 2. The summed E-state index contributed by atoms with van der Waals surface area (Å²) in [5.41, 5.74) is 1.06. The van der Waals surface area contributed by atoms with Crippen LogP contribution >= 0.6 is 11.3 Å². The van der Waals surface area contributed by atoms with Gasteiger partial charge in [-0.3, -0.25) is 9.59 Å². The van der Waals surface area contributed by atoms with Gasteiger partial charge in [0.05, 0.1) is 12.2 Å². The van der Waals surface area contributed by atoms with Crippen LogP contribution in [0.2, 0.25) is 0 Å². The van der Waals surface area contributed by atoms with E-state index in [1.807, 2.05) is 4.90 Å². The lowest BCUT2D eigenvalue weighted by Crippen LogP contribution is -2.36. The van der Waals surface area contributed by atoms with Gasteiger partial charge in [-0.25, -0.2) is 4.98 Å². The Morgan fingerprint density at radius 1 is 1.20 bits per heavy atom. The molecular weight excluding hydrogens is 274 g/mol. The van der Waals surface area contributed by atoms with Crippen molar-refractivity contribution in [2.45, 2.75) is 38.6 Å². The van der Waals surface area contributed by atoms with Gasteiger partial charge in [0, 0.05) is 29.7 Å². The van der Waals surface area contributed by atoms with Gasteiger partial charge in [0.25, 0.3) is 0 Å². The normalized spacial score (nSPS) is 21.5. The number of amides is 2. The number of fused-ring (bicyclic) bond motifs is 1. The molecule has 5 nitrogen and oxygen atoms in total. The van der Waals surface area contributed by atoms with E-state index < -0.39 is 0 Å². The number of carbonyl (C=O) groups excluding carboxylic acids is 2. The molecule has 0 spiro atoms. The van der Waals surface area contributed by atoms with E-state index >= 15 is 0 Å². The lowest BCUT2D eigenvalue weighted by molar-refractivity contribution is -0.133. The van der Waals surface area contributed by atoms with E-state index in [-0.39, 0.29) is 17.7 Å². The SMILES string of the molecule is O=C(Nc1nc2c(s1)CN(C(=O)C1CC1)CC2)C1CC1. The van der Waals surface area contributed by atoms with Gasteiger partial charge in [-0.05, 0) is 25.7 Å². The van der Waals surface area contributed by atoms with Crippen molar-refractivity contribution in [2.75, 3.05) is 11.9 Å². The van der Waals surface area contributed by atoms with Crippen molar-refractivity contribution in [3.8, 4) is 0 Å². The summed E-state index contributed by atoms with van der Waals surface area (Å²) < 4.78 is 0. The molecule has 1 N–H and O–H groups in total. The molecule has 1 aromatic rings. The van der Waals surface area contributed by atoms with Gasteiger partial charge in [-0.1, -0.05) is 11.3 Å². The summed E-state index contributed by atoms with van der Waals surface area (Å²) in [6.07, 6.45) is 4.91. The highest BCUT2D eigenvalue weighted by Gasteiger charge is 2.35. The van der Waals surface area contributed by atoms with Crippen LogP contribution in [0.1, 0.15) is 36.3 Å². The Morgan fingerprint density at radius 3 is 2.65 bits per heavy atom. The molecule has 2 fully saturated rings. The molecular formula is C14H17N3O2S. The maximum Gasteiger partial charge on any atom is 0.229 e. The van der Waals surface area contributed by atoms with Crippen LogP contribution in [0.25, 0.3) is 0 Å². The minimum absolute atomic E-state index is 0.0991. The average molecular weight is 291 g/mol. The second-order valence-corrected chi connectivity index (χ2v) is 7.02. The maximum absolute atomic E-state index is 12.1. The van der Waals surface area contributed by atoms with E-state index in [1.165, 1.54) is 11.3 Å². The molecule has 1 aromatic heterocycles. The summed E-state index contributed by atoms with van der Waals surface area (Å²) in [6, 6.07) is 0. The molecule has 4 rings (SSSR count). The number of anilines is 1. The van der Waals surface area contributed by atoms with E-state index in [1.54, 1.807) is 0 Å². The largest absolute Gasteiger partial charge is 0.337 e. The first-order valence-corrected chi connectivity index (χ1v) is 8.10. The second-order valence-electron chi connectivity index (χ2n) is 5.94. The fourth-order valence-corrected chi connectivity index (χ4v) is 3.61. The molecule has 20 heavy (non-hydrogen) atoms. The number of rotatable bonds is 3. The zero-order valence-corrected chi connectivity index (χ0v) is 12.0. The number of nitrogens with zero attached hydrogens (tertiary/aromatic N) is 2. The van der Waals surface area contributed by atoms with Crippen molar-refractivity contribution >= 4 is 28.3 Å². The molecule has 2 amide bonds. The van der Waals surface area contributed by atoms with Crippen molar-refractivity contribution in [1.29, 1.82) is 0 Å². The van der Waals surface area contributed by atoms with Gasteiger partial charge in [0.1, 0.15) is 0 Å². The molecule has 3 aliphatic rings. The predicted molar refractivity (Wildman–Crippen MR) is 75.3 cm³/mol.